The van der Waals surface area contributed by atoms with Gasteiger partial charge in [-0.2, -0.15) is 0 Å². The molecule has 0 aromatic heterocycles. The van der Waals surface area contributed by atoms with Gasteiger partial charge < -0.3 is 14.8 Å². The van der Waals surface area contributed by atoms with Gasteiger partial charge in [0.2, 0.25) is 5.91 Å². The highest BCUT2D eigenvalue weighted by Gasteiger charge is 2.25. The van der Waals surface area contributed by atoms with Crippen LogP contribution in [0.5, 0.6) is 11.5 Å². The molecule has 1 unspecified atom stereocenters. The Kier molecular flexibility index (Phi) is 5.12. The molecule has 1 saturated carbocycles. The lowest BCUT2D eigenvalue weighted by Crippen LogP contribution is -2.35. The molecule has 1 amide bonds. The Morgan fingerprint density at radius 2 is 2.00 bits per heavy atom. The SMILES string of the molecule is COc1ccc(C(Cl)C(=O)NC2CCCC2)c(OC)c1. The summed E-state index contributed by atoms with van der Waals surface area (Å²) < 4.78 is 10.4. The first-order valence-electron chi connectivity index (χ1n) is 6.82. The minimum atomic E-state index is -0.753. The molecule has 2 rings (SSSR count). The van der Waals surface area contributed by atoms with Gasteiger partial charge in [0.25, 0.3) is 0 Å². The second kappa shape index (κ2) is 6.84. The molecule has 20 heavy (non-hydrogen) atoms. The molecule has 1 atom stereocenters. The van der Waals surface area contributed by atoms with Crippen LogP contribution in [0.3, 0.4) is 0 Å². The highest BCUT2D eigenvalue weighted by molar-refractivity contribution is 6.31. The van der Waals surface area contributed by atoms with Crippen molar-refractivity contribution in [1.82, 2.24) is 5.32 Å². The molecule has 110 valence electrons. The molecule has 4 nitrogen and oxygen atoms in total. The number of halogens is 1. The second-order valence-corrected chi connectivity index (χ2v) is 5.40. The number of carbonyl (C=O) groups excluding carboxylic acids is 1. The summed E-state index contributed by atoms with van der Waals surface area (Å²) in [6.45, 7) is 0. The van der Waals surface area contributed by atoms with Gasteiger partial charge >= 0.3 is 0 Å². The Balaban J connectivity index is 2.10. The van der Waals surface area contributed by atoms with Crippen molar-refractivity contribution in [2.45, 2.75) is 37.1 Å². The van der Waals surface area contributed by atoms with Gasteiger partial charge in [-0.1, -0.05) is 12.8 Å². The Labute approximate surface area is 124 Å². The molecule has 0 spiro atoms. The van der Waals surface area contributed by atoms with Crippen molar-refractivity contribution in [3.05, 3.63) is 23.8 Å². The molecule has 0 aliphatic heterocycles. The van der Waals surface area contributed by atoms with E-state index in [4.69, 9.17) is 21.1 Å². The maximum Gasteiger partial charge on any atom is 0.242 e. The largest absolute Gasteiger partial charge is 0.497 e. The van der Waals surface area contributed by atoms with Crippen molar-refractivity contribution >= 4 is 17.5 Å². The summed E-state index contributed by atoms with van der Waals surface area (Å²) >= 11 is 6.28. The van der Waals surface area contributed by atoms with Crippen molar-refractivity contribution in [2.24, 2.45) is 0 Å². The zero-order valence-corrected chi connectivity index (χ0v) is 12.6. The first-order valence-corrected chi connectivity index (χ1v) is 7.25. The molecule has 0 bridgehead atoms. The predicted molar refractivity (Wildman–Crippen MR) is 78.5 cm³/mol. The quantitative estimate of drug-likeness (QED) is 0.850. The lowest BCUT2D eigenvalue weighted by atomic mass is 10.1. The van der Waals surface area contributed by atoms with E-state index < -0.39 is 5.38 Å². The Hall–Kier alpha value is -1.42. The standard InChI is InChI=1S/C15H20ClNO3/c1-19-11-7-8-12(13(9-11)20-2)14(16)15(18)17-10-5-3-4-6-10/h7-10,14H,3-6H2,1-2H3,(H,17,18). The minimum Gasteiger partial charge on any atom is -0.497 e. The van der Waals surface area contributed by atoms with Gasteiger partial charge in [0.15, 0.2) is 0 Å². The lowest BCUT2D eigenvalue weighted by Gasteiger charge is -2.17. The van der Waals surface area contributed by atoms with E-state index in [1.165, 1.54) is 12.8 Å². The first-order chi connectivity index (χ1) is 9.65. The third-order valence-electron chi connectivity index (χ3n) is 3.65. The monoisotopic (exact) mass is 297 g/mol. The van der Waals surface area contributed by atoms with Crippen LogP contribution in [0.1, 0.15) is 36.6 Å². The van der Waals surface area contributed by atoms with E-state index in [0.717, 1.165) is 12.8 Å². The van der Waals surface area contributed by atoms with Gasteiger partial charge in [-0.3, -0.25) is 4.79 Å². The van der Waals surface area contributed by atoms with Crippen molar-refractivity contribution in [3.8, 4) is 11.5 Å². The molecule has 5 heteroatoms. The molecule has 0 saturated heterocycles. The third-order valence-corrected chi connectivity index (χ3v) is 4.08. The van der Waals surface area contributed by atoms with E-state index in [9.17, 15) is 4.79 Å². The van der Waals surface area contributed by atoms with E-state index in [0.29, 0.717) is 17.1 Å². The third kappa shape index (κ3) is 3.37. The Morgan fingerprint density at radius 3 is 2.60 bits per heavy atom. The fourth-order valence-corrected chi connectivity index (χ4v) is 2.76. The first kappa shape index (κ1) is 15.0. The number of carbonyl (C=O) groups is 1. The highest BCUT2D eigenvalue weighted by atomic mass is 35.5. The van der Waals surface area contributed by atoms with Crippen LogP contribution >= 0.6 is 11.6 Å². The summed E-state index contributed by atoms with van der Waals surface area (Å²) in [5.41, 5.74) is 0.658. The number of alkyl halides is 1. The average Bonchev–Trinajstić information content (AvgIpc) is 2.98. The molecular formula is C15H20ClNO3. The van der Waals surface area contributed by atoms with Crippen molar-refractivity contribution in [1.29, 1.82) is 0 Å². The van der Waals surface area contributed by atoms with Gasteiger partial charge in [0.05, 0.1) is 14.2 Å². The van der Waals surface area contributed by atoms with Gasteiger partial charge in [0, 0.05) is 17.7 Å². The fourth-order valence-electron chi connectivity index (χ4n) is 2.51. The topological polar surface area (TPSA) is 47.6 Å². The number of ether oxygens (including phenoxy) is 2. The highest BCUT2D eigenvalue weighted by Crippen LogP contribution is 2.33. The van der Waals surface area contributed by atoms with Crippen LogP contribution in [0.25, 0.3) is 0 Å². The van der Waals surface area contributed by atoms with Gasteiger partial charge in [0.1, 0.15) is 16.9 Å². The van der Waals surface area contributed by atoms with Crippen LogP contribution in [-0.4, -0.2) is 26.2 Å². The molecule has 1 aromatic rings. The zero-order chi connectivity index (χ0) is 14.5. The number of benzene rings is 1. The van der Waals surface area contributed by atoms with Crippen LogP contribution < -0.4 is 14.8 Å². The van der Waals surface area contributed by atoms with Crippen molar-refractivity contribution in [3.63, 3.8) is 0 Å². The van der Waals surface area contributed by atoms with Crippen LogP contribution in [-0.2, 0) is 4.79 Å². The van der Waals surface area contributed by atoms with Crippen LogP contribution in [0.15, 0.2) is 18.2 Å². The smallest absolute Gasteiger partial charge is 0.242 e. The van der Waals surface area contributed by atoms with Crippen LogP contribution in [0, 0.1) is 0 Å². The predicted octanol–water partition coefficient (Wildman–Crippen LogP) is 3.04. The van der Waals surface area contributed by atoms with E-state index in [-0.39, 0.29) is 11.9 Å². The van der Waals surface area contributed by atoms with Crippen molar-refractivity contribution in [2.75, 3.05) is 14.2 Å². The lowest BCUT2D eigenvalue weighted by molar-refractivity contribution is -0.121. The Bertz CT molecular complexity index is 472. The summed E-state index contributed by atoms with van der Waals surface area (Å²) in [7, 11) is 3.14. The van der Waals surface area contributed by atoms with Crippen LogP contribution in [0.2, 0.25) is 0 Å². The molecule has 0 radical (unpaired) electrons. The van der Waals surface area contributed by atoms with E-state index in [2.05, 4.69) is 5.32 Å². The molecule has 1 aliphatic carbocycles. The zero-order valence-electron chi connectivity index (χ0n) is 11.8. The summed E-state index contributed by atoms with van der Waals surface area (Å²) in [6, 6.07) is 5.53. The maximum atomic E-state index is 12.2. The van der Waals surface area contributed by atoms with Crippen LogP contribution in [0.4, 0.5) is 0 Å². The molecular weight excluding hydrogens is 278 g/mol. The van der Waals surface area contributed by atoms with Crippen molar-refractivity contribution < 1.29 is 14.3 Å². The fraction of sp³-hybridized carbons (Fsp3) is 0.533. The molecule has 0 heterocycles. The molecule has 1 aromatic carbocycles. The number of amides is 1. The molecule has 1 N–H and O–H groups in total. The number of hydrogen-bond acceptors (Lipinski definition) is 3. The average molecular weight is 298 g/mol. The molecule has 1 aliphatic rings. The number of nitrogens with one attached hydrogen (secondary N) is 1. The van der Waals surface area contributed by atoms with Gasteiger partial charge in [-0.15, -0.1) is 11.6 Å². The summed E-state index contributed by atoms with van der Waals surface area (Å²) in [6.07, 6.45) is 4.41. The molecule has 1 fully saturated rings. The number of methoxy groups -OCH3 is 2. The van der Waals surface area contributed by atoms with Gasteiger partial charge in [-0.25, -0.2) is 0 Å². The van der Waals surface area contributed by atoms with E-state index >= 15 is 0 Å². The maximum absolute atomic E-state index is 12.2. The summed E-state index contributed by atoms with van der Waals surface area (Å²) in [5, 5.41) is 2.25. The normalized spacial score (nSPS) is 16.8. The van der Waals surface area contributed by atoms with Gasteiger partial charge in [-0.05, 0) is 25.0 Å². The second-order valence-electron chi connectivity index (χ2n) is 4.96. The number of hydrogen-bond donors (Lipinski definition) is 1. The van der Waals surface area contributed by atoms with E-state index in [1.54, 1.807) is 32.4 Å². The summed E-state index contributed by atoms with van der Waals surface area (Å²) in [4.78, 5) is 12.2. The van der Waals surface area contributed by atoms with E-state index in [1.807, 2.05) is 0 Å². The Morgan fingerprint density at radius 1 is 1.30 bits per heavy atom. The number of rotatable bonds is 5. The minimum absolute atomic E-state index is 0.165. The summed E-state index contributed by atoms with van der Waals surface area (Å²) in [5.74, 6) is 1.07.